The van der Waals surface area contributed by atoms with Crippen LogP contribution in [-0.4, -0.2) is 23.3 Å². The first-order chi connectivity index (χ1) is 13.1. The molecule has 0 radical (unpaired) electrons. The van der Waals surface area contributed by atoms with Crippen LogP contribution in [0.3, 0.4) is 0 Å². The van der Waals surface area contributed by atoms with Gasteiger partial charge in [0, 0.05) is 6.42 Å². The standard InChI is InChI=1S/C25H48O3/c1-8-28-24(26)25(7,27)19-18-23(6)17-11-16-22(5)15-10-14-21(4)13-9-12-20(2)3/h18,20-22,27H,8-17,19H2,1-7H3/b23-18+. The van der Waals surface area contributed by atoms with Crippen molar-refractivity contribution in [2.24, 2.45) is 17.8 Å². The van der Waals surface area contributed by atoms with Crippen molar-refractivity contribution in [2.75, 3.05) is 6.61 Å². The number of hydrogen-bond donors (Lipinski definition) is 1. The van der Waals surface area contributed by atoms with Crippen molar-refractivity contribution in [3.63, 3.8) is 0 Å². The molecule has 0 saturated heterocycles. The molecule has 0 spiro atoms. The van der Waals surface area contributed by atoms with Crippen LogP contribution in [0.2, 0.25) is 0 Å². The van der Waals surface area contributed by atoms with Gasteiger partial charge in [-0.15, -0.1) is 0 Å². The van der Waals surface area contributed by atoms with Gasteiger partial charge in [-0.25, -0.2) is 4.79 Å². The van der Waals surface area contributed by atoms with Crippen LogP contribution in [0.1, 0.15) is 113 Å². The molecule has 28 heavy (non-hydrogen) atoms. The van der Waals surface area contributed by atoms with Crippen molar-refractivity contribution in [2.45, 2.75) is 118 Å². The average Bonchev–Trinajstić information content (AvgIpc) is 2.60. The van der Waals surface area contributed by atoms with Gasteiger partial charge in [-0.1, -0.05) is 84.3 Å². The van der Waals surface area contributed by atoms with E-state index in [1.54, 1.807) is 6.92 Å². The Labute approximate surface area is 175 Å². The Bertz CT molecular complexity index is 437. The largest absolute Gasteiger partial charge is 0.464 e. The molecule has 0 aromatic carbocycles. The van der Waals surface area contributed by atoms with E-state index in [-0.39, 0.29) is 0 Å². The number of carbonyl (C=O) groups excluding carboxylic acids is 1. The van der Waals surface area contributed by atoms with Gasteiger partial charge < -0.3 is 9.84 Å². The third kappa shape index (κ3) is 14.2. The Morgan fingerprint density at radius 3 is 1.96 bits per heavy atom. The zero-order valence-electron chi connectivity index (χ0n) is 19.9. The average molecular weight is 397 g/mol. The first-order valence-corrected chi connectivity index (χ1v) is 11.6. The van der Waals surface area contributed by atoms with Gasteiger partial charge in [0.15, 0.2) is 5.60 Å². The van der Waals surface area contributed by atoms with E-state index in [2.05, 4.69) is 34.6 Å². The lowest BCUT2D eigenvalue weighted by molar-refractivity contribution is -0.162. The summed E-state index contributed by atoms with van der Waals surface area (Å²) in [5.74, 6) is 1.94. The van der Waals surface area contributed by atoms with E-state index < -0.39 is 11.6 Å². The number of allylic oxidation sites excluding steroid dienone is 1. The zero-order chi connectivity index (χ0) is 21.6. The Morgan fingerprint density at radius 2 is 1.46 bits per heavy atom. The maximum atomic E-state index is 11.7. The van der Waals surface area contributed by atoms with Crippen LogP contribution in [0.4, 0.5) is 0 Å². The van der Waals surface area contributed by atoms with Crippen molar-refractivity contribution >= 4 is 5.97 Å². The fourth-order valence-electron chi connectivity index (χ4n) is 3.55. The number of ether oxygens (including phenoxy) is 1. The molecule has 0 fully saturated rings. The van der Waals surface area contributed by atoms with Crippen LogP contribution < -0.4 is 0 Å². The van der Waals surface area contributed by atoms with E-state index in [0.29, 0.717) is 13.0 Å². The van der Waals surface area contributed by atoms with Crippen LogP contribution >= 0.6 is 0 Å². The second-order valence-corrected chi connectivity index (χ2v) is 9.61. The smallest absolute Gasteiger partial charge is 0.338 e. The van der Waals surface area contributed by atoms with Gasteiger partial charge in [0.25, 0.3) is 0 Å². The van der Waals surface area contributed by atoms with Crippen molar-refractivity contribution in [1.29, 1.82) is 0 Å². The lowest BCUT2D eigenvalue weighted by Gasteiger charge is -2.19. The summed E-state index contributed by atoms with van der Waals surface area (Å²) in [6, 6.07) is 0. The first-order valence-electron chi connectivity index (χ1n) is 11.6. The van der Waals surface area contributed by atoms with Gasteiger partial charge >= 0.3 is 5.97 Å². The van der Waals surface area contributed by atoms with Crippen molar-refractivity contribution in [3.05, 3.63) is 11.6 Å². The quantitative estimate of drug-likeness (QED) is 0.224. The Balaban J connectivity index is 3.92. The third-order valence-electron chi connectivity index (χ3n) is 5.70. The topological polar surface area (TPSA) is 46.5 Å². The molecule has 3 unspecified atom stereocenters. The molecule has 0 amide bonds. The lowest BCUT2D eigenvalue weighted by Crippen LogP contribution is -2.36. The molecule has 3 atom stereocenters. The highest BCUT2D eigenvalue weighted by Crippen LogP contribution is 2.22. The van der Waals surface area contributed by atoms with Crippen LogP contribution in [-0.2, 0) is 9.53 Å². The fraction of sp³-hybridized carbons (Fsp3) is 0.880. The van der Waals surface area contributed by atoms with E-state index in [9.17, 15) is 9.90 Å². The summed E-state index contributed by atoms with van der Waals surface area (Å²) < 4.78 is 4.92. The molecule has 0 aromatic rings. The minimum absolute atomic E-state index is 0.298. The molecule has 0 aromatic heterocycles. The summed E-state index contributed by atoms with van der Waals surface area (Å²) in [6.07, 6.45) is 13.9. The summed E-state index contributed by atoms with van der Waals surface area (Å²) in [5.41, 5.74) is -0.174. The molecule has 0 aliphatic heterocycles. The fourth-order valence-corrected chi connectivity index (χ4v) is 3.55. The van der Waals surface area contributed by atoms with Crippen LogP contribution in [0.25, 0.3) is 0 Å². The number of esters is 1. The maximum Gasteiger partial charge on any atom is 0.338 e. The van der Waals surface area contributed by atoms with E-state index in [0.717, 1.165) is 24.2 Å². The molecular weight excluding hydrogens is 348 g/mol. The molecule has 0 rings (SSSR count). The molecule has 0 bridgehead atoms. The molecule has 0 aliphatic rings. The third-order valence-corrected chi connectivity index (χ3v) is 5.70. The van der Waals surface area contributed by atoms with Gasteiger partial charge in [0.1, 0.15) is 0 Å². The molecule has 1 N–H and O–H groups in total. The summed E-state index contributed by atoms with van der Waals surface area (Å²) >= 11 is 0. The minimum atomic E-state index is -1.42. The zero-order valence-corrected chi connectivity index (χ0v) is 19.9. The molecule has 3 nitrogen and oxygen atoms in total. The van der Waals surface area contributed by atoms with Gasteiger partial charge in [-0.2, -0.15) is 0 Å². The number of rotatable bonds is 16. The summed E-state index contributed by atoms with van der Waals surface area (Å²) in [7, 11) is 0. The second-order valence-electron chi connectivity index (χ2n) is 9.61. The summed E-state index contributed by atoms with van der Waals surface area (Å²) in [6.45, 7) is 15.1. The van der Waals surface area contributed by atoms with Crippen LogP contribution in [0.5, 0.6) is 0 Å². The normalized spacial score (nSPS) is 16.7. The van der Waals surface area contributed by atoms with E-state index >= 15 is 0 Å². The van der Waals surface area contributed by atoms with Gasteiger partial charge in [-0.3, -0.25) is 0 Å². The Hall–Kier alpha value is -0.830. The minimum Gasteiger partial charge on any atom is -0.464 e. The number of hydrogen-bond acceptors (Lipinski definition) is 3. The van der Waals surface area contributed by atoms with Gasteiger partial charge in [0.05, 0.1) is 6.61 Å². The predicted octanol–water partition coefficient (Wildman–Crippen LogP) is 7.08. The highest BCUT2D eigenvalue weighted by atomic mass is 16.5. The summed E-state index contributed by atoms with van der Waals surface area (Å²) in [4.78, 5) is 11.7. The molecule has 166 valence electrons. The van der Waals surface area contributed by atoms with E-state index in [1.807, 2.05) is 6.08 Å². The highest BCUT2D eigenvalue weighted by molar-refractivity contribution is 5.78. The number of carbonyl (C=O) groups is 1. The van der Waals surface area contributed by atoms with Crippen molar-refractivity contribution < 1.29 is 14.6 Å². The monoisotopic (exact) mass is 396 g/mol. The van der Waals surface area contributed by atoms with Crippen molar-refractivity contribution in [1.82, 2.24) is 0 Å². The van der Waals surface area contributed by atoms with Gasteiger partial charge in [0.2, 0.25) is 0 Å². The molecule has 0 heterocycles. The predicted molar refractivity (Wildman–Crippen MR) is 120 cm³/mol. The molecule has 3 heteroatoms. The van der Waals surface area contributed by atoms with Gasteiger partial charge in [-0.05, 0) is 51.4 Å². The van der Waals surface area contributed by atoms with E-state index in [4.69, 9.17) is 4.74 Å². The highest BCUT2D eigenvalue weighted by Gasteiger charge is 2.30. The molecule has 0 saturated carbocycles. The molecule has 0 aliphatic carbocycles. The van der Waals surface area contributed by atoms with E-state index in [1.165, 1.54) is 63.9 Å². The Morgan fingerprint density at radius 1 is 0.964 bits per heavy atom. The Kier molecular flexibility index (Phi) is 14.6. The number of aliphatic hydroxyl groups is 1. The van der Waals surface area contributed by atoms with Crippen LogP contribution in [0, 0.1) is 17.8 Å². The first kappa shape index (κ1) is 27.2. The van der Waals surface area contributed by atoms with Crippen molar-refractivity contribution in [3.8, 4) is 0 Å². The maximum absolute atomic E-state index is 11.7. The molecular formula is C25H48O3. The second kappa shape index (κ2) is 15.1. The lowest BCUT2D eigenvalue weighted by atomic mass is 9.91. The summed E-state index contributed by atoms with van der Waals surface area (Å²) in [5, 5.41) is 10.2. The van der Waals surface area contributed by atoms with Crippen LogP contribution in [0.15, 0.2) is 11.6 Å². The SMILES string of the molecule is CCOC(=O)C(C)(O)C/C=C(\C)CCCC(C)CCCC(C)CCCC(C)C.